The highest BCUT2D eigenvalue weighted by molar-refractivity contribution is 5.34. The summed E-state index contributed by atoms with van der Waals surface area (Å²) in [6, 6.07) is 8.58. The maximum atomic E-state index is 10.3. The zero-order chi connectivity index (χ0) is 13.3. The van der Waals surface area contributed by atoms with E-state index in [2.05, 4.69) is 18.0 Å². The molecule has 1 heterocycles. The molecule has 0 bridgehead atoms. The van der Waals surface area contributed by atoms with Gasteiger partial charge in [0.15, 0.2) is 0 Å². The van der Waals surface area contributed by atoms with Gasteiger partial charge in [0.1, 0.15) is 0 Å². The topological polar surface area (TPSA) is 49.5 Å². The van der Waals surface area contributed by atoms with E-state index in [0.717, 1.165) is 25.1 Å². The Bertz CT molecular complexity index is 411. The van der Waals surface area contributed by atoms with Gasteiger partial charge >= 0.3 is 0 Å². The first-order valence-corrected chi connectivity index (χ1v) is 6.65. The molecule has 100 valence electrons. The zero-order valence-electron chi connectivity index (χ0n) is 11.6. The molecule has 1 saturated heterocycles. The second-order valence-corrected chi connectivity index (χ2v) is 5.94. The molecule has 1 aromatic rings. The van der Waals surface area contributed by atoms with Crippen molar-refractivity contribution in [3.63, 3.8) is 0 Å². The van der Waals surface area contributed by atoms with Crippen LogP contribution in [0, 0.1) is 5.92 Å². The lowest BCUT2D eigenvalue weighted by atomic mass is 9.88. The number of hydrogen-bond donors (Lipinski definition) is 2. The summed E-state index contributed by atoms with van der Waals surface area (Å²) in [5.41, 5.74) is 7.26. The van der Waals surface area contributed by atoms with Crippen LogP contribution in [0.4, 0.5) is 0 Å². The fraction of sp³-hybridized carbons (Fsp3) is 0.600. The molecule has 0 saturated carbocycles. The van der Waals surface area contributed by atoms with Crippen molar-refractivity contribution in [3.05, 3.63) is 35.4 Å². The summed E-state index contributed by atoms with van der Waals surface area (Å²) in [5, 5.41) is 10.3. The zero-order valence-corrected chi connectivity index (χ0v) is 11.6. The second kappa shape index (κ2) is 5.00. The van der Waals surface area contributed by atoms with Crippen molar-refractivity contribution in [2.24, 2.45) is 11.7 Å². The fourth-order valence-electron chi connectivity index (χ4n) is 2.98. The van der Waals surface area contributed by atoms with E-state index in [9.17, 15) is 5.11 Å². The SMILES string of the molecule is CN1CC(CN)CC1c1ccccc1C(C)(C)O. The summed E-state index contributed by atoms with van der Waals surface area (Å²) < 4.78 is 0. The standard InChI is InChI=1S/C15H24N2O/c1-15(2,18)13-7-5-4-6-12(13)14-8-11(9-16)10-17(14)3/h4-7,11,14,18H,8-10,16H2,1-3H3. The van der Waals surface area contributed by atoms with Gasteiger partial charge in [-0.1, -0.05) is 24.3 Å². The van der Waals surface area contributed by atoms with E-state index in [1.165, 1.54) is 5.56 Å². The van der Waals surface area contributed by atoms with Crippen molar-refractivity contribution >= 4 is 0 Å². The van der Waals surface area contributed by atoms with Gasteiger partial charge in [-0.05, 0) is 50.9 Å². The van der Waals surface area contributed by atoms with Crippen LogP contribution in [-0.4, -0.2) is 30.1 Å². The highest BCUT2D eigenvalue weighted by atomic mass is 16.3. The Hall–Kier alpha value is -0.900. The largest absolute Gasteiger partial charge is 0.386 e. The molecule has 0 spiro atoms. The number of rotatable bonds is 3. The van der Waals surface area contributed by atoms with Crippen molar-refractivity contribution in [2.75, 3.05) is 20.1 Å². The maximum Gasteiger partial charge on any atom is 0.0843 e. The van der Waals surface area contributed by atoms with E-state index in [1.807, 2.05) is 32.0 Å². The Morgan fingerprint density at radius 3 is 2.61 bits per heavy atom. The lowest BCUT2D eigenvalue weighted by Gasteiger charge is -2.27. The first-order valence-electron chi connectivity index (χ1n) is 6.65. The van der Waals surface area contributed by atoms with Gasteiger partial charge in [0.05, 0.1) is 5.60 Å². The number of nitrogens with zero attached hydrogens (tertiary/aromatic N) is 1. The van der Waals surface area contributed by atoms with Crippen LogP contribution in [0.3, 0.4) is 0 Å². The Morgan fingerprint density at radius 2 is 2.06 bits per heavy atom. The Morgan fingerprint density at radius 1 is 1.39 bits per heavy atom. The molecule has 0 aromatic heterocycles. The van der Waals surface area contributed by atoms with Gasteiger partial charge in [0, 0.05) is 12.6 Å². The minimum Gasteiger partial charge on any atom is -0.386 e. The molecule has 1 fully saturated rings. The molecule has 0 radical (unpaired) electrons. The molecule has 3 nitrogen and oxygen atoms in total. The molecular formula is C15H24N2O. The minimum atomic E-state index is -0.793. The van der Waals surface area contributed by atoms with E-state index in [1.54, 1.807) is 0 Å². The lowest BCUT2D eigenvalue weighted by molar-refractivity contribution is 0.0761. The number of likely N-dealkylation sites (tertiary alicyclic amines) is 1. The molecule has 2 unspecified atom stereocenters. The first kappa shape index (κ1) is 13.5. The van der Waals surface area contributed by atoms with Crippen LogP contribution >= 0.6 is 0 Å². The predicted octanol–water partition coefficient (Wildman–Crippen LogP) is 1.87. The molecule has 1 aliphatic rings. The number of nitrogens with two attached hydrogens (primary N) is 1. The van der Waals surface area contributed by atoms with E-state index < -0.39 is 5.60 Å². The van der Waals surface area contributed by atoms with Gasteiger partial charge in [0.25, 0.3) is 0 Å². The van der Waals surface area contributed by atoms with Crippen LogP contribution in [0.25, 0.3) is 0 Å². The van der Waals surface area contributed by atoms with Crippen LogP contribution in [-0.2, 0) is 5.60 Å². The van der Waals surface area contributed by atoms with Crippen LogP contribution in [0.5, 0.6) is 0 Å². The van der Waals surface area contributed by atoms with Crippen molar-refractivity contribution in [2.45, 2.75) is 31.9 Å². The average molecular weight is 248 g/mol. The van der Waals surface area contributed by atoms with E-state index >= 15 is 0 Å². The number of benzene rings is 1. The van der Waals surface area contributed by atoms with Crippen molar-refractivity contribution in [3.8, 4) is 0 Å². The summed E-state index contributed by atoms with van der Waals surface area (Å²) in [4.78, 5) is 2.35. The van der Waals surface area contributed by atoms with Crippen LogP contribution in [0.15, 0.2) is 24.3 Å². The average Bonchev–Trinajstić information content (AvgIpc) is 2.69. The second-order valence-electron chi connectivity index (χ2n) is 5.94. The summed E-state index contributed by atoms with van der Waals surface area (Å²) >= 11 is 0. The van der Waals surface area contributed by atoms with Crippen molar-refractivity contribution in [1.82, 2.24) is 4.90 Å². The summed E-state index contributed by atoms with van der Waals surface area (Å²) in [7, 11) is 2.14. The Balaban J connectivity index is 2.34. The van der Waals surface area contributed by atoms with Crippen LogP contribution in [0.1, 0.15) is 37.4 Å². The highest BCUT2D eigenvalue weighted by Crippen LogP contribution is 2.38. The molecule has 3 heteroatoms. The van der Waals surface area contributed by atoms with Gasteiger partial charge in [-0.2, -0.15) is 0 Å². The fourth-order valence-corrected chi connectivity index (χ4v) is 2.98. The minimum absolute atomic E-state index is 0.376. The van der Waals surface area contributed by atoms with E-state index in [0.29, 0.717) is 12.0 Å². The third-order valence-electron chi connectivity index (χ3n) is 3.95. The molecular weight excluding hydrogens is 224 g/mol. The summed E-state index contributed by atoms with van der Waals surface area (Å²) in [5.74, 6) is 0.565. The summed E-state index contributed by atoms with van der Waals surface area (Å²) in [6.45, 7) is 5.48. The van der Waals surface area contributed by atoms with Gasteiger partial charge in [0.2, 0.25) is 0 Å². The molecule has 0 aliphatic carbocycles. The third kappa shape index (κ3) is 2.58. The van der Waals surface area contributed by atoms with E-state index in [4.69, 9.17) is 5.73 Å². The number of hydrogen-bond acceptors (Lipinski definition) is 3. The van der Waals surface area contributed by atoms with Crippen molar-refractivity contribution < 1.29 is 5.11 Å². The van der Waals surface area contributed by atoms with Crippen LogP contribution in [0.2, 0.25) is 0 Å². The molecule has 0 amide bonds. The van der Waals surface area contributed by atoms with E-state index in [-0.39, 0.29) is 0 Å². The molecule has 2 rings (SSSR count). The smallest absolute Gasteiger partial charge is 0.0843 e. The summed E-state index contributed by atoms with van der Waals surface area (Å²) in [6.07, 6.45) is 1.08. The van der Waals surface area contributed by atoms with Crippen LogP contribution < -0.4 is 5.73 Å². The quantitative estimate of drug-likeness (QED) is 0.858. The number of aliphatic hydroxyl groups is 1. The molecule has 2 atom stereocenters. The Kier molecular flexibility index (Phi) is 3.76. The predicted molar refractivity (Wildman–Crippen MR) is 74.2 cm³/mol. The van der Waals surface area contributed by atoms with Gasteiger partial charge < -0.3 is 10.8 Å². The maximum absolute atomic E-state index is 10.3. The monoisotopic (exact) mass is 248 g/mol. The van der Waals surface area contributed by atoms with Gasteiger partial charge in [-0.25, -0.2) is 0 Å². The molecule has 18 heavy (non-hydrogen) atoms. The molecule has 1 aromatic carbocycles. The third-order valence-corrected chi connectivity index (χ3v) is 3.95. The van der Waals surface area contributed by atoms with Gasteiger partial charge in [-0.3, -0.25) is 4.90 Å². The Labute approximate surface area is 110 Å². The molecule has 1 aliphatic heterocycles. The van der Waals surface area contributed by atoms with Gasteiger partial charge in [-0.15, -0.1) is 0 Å². The highest BCUT2D eigenvalue weighted by Gasteiger charge is 2.33. The van der Waals surface area contributed by atoms with Crippen molar-refractivity contribution in [1.29, 1.82) is 0 Å². The first-order chi connectivity index (χ1) is 8.43. The lowest BCUT2D eigenvalue weighted by Crippen LogP contribution is -2.24. The molecule has 3 N–H and O–H groups in total. The normalized spacial score (nSPS) is 25.6.